The molecule has 1 aromatic rings. The van der Waals surface area contributed by atoms with Gasteiger partial charge in [0.1, 0.15) is 6.61 Å². The van der Waals surface area contributed by atoms with Gasteiger partial charge < -0.3 is 10.1 Å². The van der Waals surface area contributed by atoms with Gasteiger partial charge >= 0.3 is 5.97 Å². The van der Waals surface area contributed by atoms with Crippen LogP contribution in [0.5, 0.6) is 0 Å². The smallest absolute Gasteiger partial charge is 0.306 e. The van der Waals surface area contributed by atoms with Gasteiger partial charge in [0, 0.05) is 16.5 Å². The Labute approximate surface area is 116 Å². The SMILES string of the molecule is O=C(CC1CCNCC1)OCc1ccccc1Br. The van der Waals surface area contributed by atoms with Crippen LogP contribution in [-0.4, -0.2) is 19.1 Å². The highest BCUT2D eigenvalue weighted by Crippen LogP contribution is 2.19. The summed E-state index contributed by atoms with van der Waals surface area (Å²) in [6.07, 6.45) is 2.69. The Hall–Kier alpha value is -0.870. The van der Waals surface area contributed by atoms with E-state index in [2.05, 4.69) is 21.2 Å². The van der Waals surface area contributed by atoms with E-state index in [1.165, 1.54) is 0 Å². The van der Waals surface area contributed by atoms with Gasteiger partial charge in [0.05, 0.1) is 0 Å². The molecule has 1 fully saturated rings. The summed E-state index contributed by atoms with van der Waals surface area (Å²) in [6, 6.07) is 7.81. The number of carbonyl (C=O) groups is 1. The van der Waals surface area contributed by atoms with Gasteiger partial charge in [0.2, 0.25) is 0 Å². The largest absolute Gasteiger partial charge is 0.461 e. The van der Waals surface area contributed by atoms with Crippen LogP contribution < -0.4 is 5.32 Å². The molecule has 0 aromatic heterocycles. The number of benzene rings is 1. The predicted octanol–water partition coefficient (Wildman–Crippen LogP) is 2.88. The minimum atomic E-state index is -0.0855. The van der Waals surface area contributed by atoms with E-state index >= 15 is 0 Å². The van der Waals surface area contributed by atoms with Crippen LogP contribution in [-0.2, 0) is 16.1 Å². The second-order valence-corrected chi connectivity index (χ2v) is 5.50. The molecule has 1 saturated heterocycles. The zero-order valence-electron chi connectivity index (χ0n) is 10.3. The topological polar surface area (TPSA) is 38.3 Å². The lowest BCUT2D eigenvalue weighted by molar-refractivity contribution is -0.146. The lowest BCUT2D eigenvalue weighted by Crippen LogP contribution is -2.29. The molecule has 98 valence electrons. The van der Waals surface area contributed by atoms with Crippen molar-refractivity contribution in [2.24, 2.45) is 5.92 Å². The molecule has 0 spiro atoms. The lowest BCUT2D eigenvalue weighted by atomic mass is 9.95. The molecule has 1 aliphatic rings. The number of rotatable bonds is 4. The first-order valence-electron chi connectivity index (χ1n) is 6.35. The van der Waals surface area contributed by atoms with Gasteiger partial charge in [0.25, 0.3) is 0 Å². The summed E-state index contributed by atoms with van der Waals surface area (Å²) in [5, 5.41) is 3.29. The fourth-order valence-electron chi connectivity index (χ4n) is 2.15. The second-order valence-electron chi connectivity index (χ2n) is 4.65. The molecule has 0 bridgehead atoms. The number of hydrogen-bond donors (Lipinski definition) is 1. The van der Waals surface area contributed by atoms with Gasteiger partial charge in [0.15, 0.2) is 0 Å². The average molecular weight is 312 g/mol. The van der Waals surface area contributed by atoms with E-state index in [0.29, 0.717) is 18.9 Å². The van der Waals surface area contributed by atoms with Gasteiger partial charge in [-0.15, -0.1) is 0 Å². The normalized spacial score (nSPS) is 16.5. The molecule has 1 aliphatic heterocycles. The van der Waals surface area contributed by atoms with Crippen LogP contribution in [0.3, 0.4) is 0 Å². The van der Waals surface area contributed by atoms with Crippen molar-refractivity contribution in [1.29, 1.82) is 0 Å². The van der Waals surface area contributed by atoms with E-state index in [1.807, 2.05) is 24.3 Å². The van der Waals surface area contributed by atoms with Crippen molar-refractivity contribution in [2.45, 2.75) is 25.9 Å². The molecule has 0 radical (unpaired) electrons. The standard InChI is InChI=1S/C14H18BrNO2/c15-13-4-2-1-3-12(13)10-18-14(17)9-11-5-7-16-8-6-11/h1-4,11,16H,5-10H2. The molecule has 4 heteroatoms. The highest BCUT2D eigenvalue weighted by atomic mass is 79.9. The quantitative estimate of drug-likeness (QED) is 0.869. The van der Waals surface area contributed by atoms with Crippen molar-refractivity contribution in [3.8, 4) is 0 Å². The molecule has 1 heterocycles. The van der Waals surface area contributed by atoms with Crippen molar-refractivity contribution in [3.63, 3.8) is 0 Å². The summed E-state index contributed by atoms with van der Waals surface area (Å²) in [5.74, 6) is 0.399. The van der Waals surface area contributed by atoms with Crippen LogP contribution in [0.2, 0.25) is 0 Å². The van der Waals surface area contributed by atoms with Crippen molar-refractivity contribution in [3.05, 3.63) is 34.3 Å². The lowest BCUT2D eigenvalue weighted by Gasteiger charge is -2.21. The first-order chi connectivity index (χ1) is 8.75. The maximum Gasteiger partial charge on any atom is 0.306 e. The maximum absolute atomic E-state index is 11.7. The van der Waals surface area contributed by atoms with Crippen LogP contribution in [0.25, 0.3) is 0 Å². The predicted molar refractivity (Wildman–Crippen MR) is 74.1 cm³/mol. The summed E-state index contributed by atoms with van der Waals surface area (Å²) in [7, 11) is 0. The highest BCUT2D eigenvalue weighted by Gasteiger charge is 2.17. The van der Waals surface area contributed by atoms with Crippen LogP contribution >= 0.6 is 15.9 Å². The number of nitrogens with one attached hydrogen (secondary N) is 1. The summed E-state index contributed by atoms with van der Waals surface area (Å²) < 4.78 is 6.31. The number of halogens is 1. The molecule has 0 saturated carbocycles. The Morgan fingerprint density at radius 3 is 2.78 bits per heavy atom. The average Bonchev–Trinajstić information content (AvgIpc) is 2.39. The number of hydrogen-bond acceptors (Lipinski definition) is 3. The van der Waals surface area contributed by atoms with Crippen LogP contribution in [0.1, 0.15) is 24.8 Å². The summed E-state index contributed by atoms with van der Waals surface area (Å²) >= 11 is 3.45. The minimum absolute atomic E-state index is 0.0855. The molecule has 1 N–H and O–H groups in total. The Bertz CT molecular complexity index is 403. The molecule has 2 rings (SSSR count). The Balaban J connectivity index is 1.76. The first kappa shape index (κ1) is 13.6. The van der Waals surface area contributed by atoms with E-state index in [1.54, 1.807) is 0 Å². The third kappa shape index (κ3) is 4.10. The number of esters is 1. The van der Waals surface area contributed by atoms with Crippen LogP contribution in [0, 0.1) is 5.92 Å². The molecule has 3 nitrogen and oxygen atoms in total. The Morgan fingerprint density at radius 2 is 2.06 bits per heavy atom. The molecular weight excluding hydrogens is 294 g/mol. The van der Waals surface area contributed by atoms with Gasteiger partial charge in [-0.25, -0.2) is 0 Å². The zero-order valence-corrected chi connectivity index (χ0v) is 11.9. The van der Waals surface area contributed by atoms with E-state index in [9.17, 15) is 4.79 Å². The van der Waals surface area contributed by atoms with E-state index in [0.717, 1.165) is 36.0 Å². The molecule has 18 heavy (non-hydrogen) atoms. The summed E-state index contributed by atoms with van der Waals surface area (Å²) in [5.41, 5.74) is 1.01. The van der Waals surface area contributed by atoms with Crippen LogP contribution in [0.15, 0.2) is 28.7 Å². The third-order valence-corrected chi connectivity index (χ3v) is 4.03. The molecule has 0 aliphatic carbocycles. The summed E-state index contributed by atoms with van der Waals surface area (Å²) in [4.78, 5) is 11.7. The monoisotopic (exact) mass is 311 g/mol. The van der Waals surface area contributed by atoms with E-state index in [-0.39, 0.29) is 5.97 Å². The Morgan fingerprint density at radius 1 is 1.33 bits per heavy atom. The number of piperidine rings is 1. The number of ether oxygens (including phenoxy) is 1. The summed E-state index contributed by atoms with van der Waals surface area (Å²) in [6.45, 7) is 2.38. The Kier molecular flexibility index (Phi) is 5.20. The first-order valence-corrected chi connectivity index (χ1v) is 7.15. The molecule has 0 atom stereocenters. The molecule has 0 unspecified atom stereocenters. The highest BCUT2D eigenvalue weighted by molar-refractivity contribution is 9.10. The maximum atomic E-state index is 11.7. The molecule has 0 amide bonds. The minimum Gasteiger partial charge on any atom is -0.461 e. The molecular formula is C14H18BrNO2. The molecule has 1 aromatic carbocycles. The fourth-order valence-corrected chi connectivity index (χ4v) is 2.55. The van der Waals surface area contributed by atoms with Gasteiger partial charge in [-0.3, -0.25) is 4.79 Å². The van der Waals surface area contributed by atoms with E-state index in [4.69, 9.17) is 4.74 Å². The van der Waals surface area contributed by atoms with Crippen molar-refractivity contribution < 1.29 is 9.53 Å². The van der Waals surface area contributed by atoms with Gasteiger partial charge in [-0.1, -0.05) is 34.1 Å². The van der Waals surface area contributed by atoms with E-state index < -0.39 is 0 Å². The van der Waals surface area contributed by atoms with Crippen molar-refractivity contribution in [1.82, 2.24) is 5.32 Å². The van der Waals surface area contributed by atoms with Crippen molar-refractivity contribution >= 4 is 21.9 Å². The van der Waals surface area contributed by atoms with Gasteiger partial charge in [-0.05, 0) is 37.9 Å². The number of carbonyl (C=O) groups excluding carboxylic acids is 1. The van der Waals surface area contributed by atoms with Gasteiger partial charge in [-0.2, -0.15) is 0 Å². The second kappa shape index (κ2) is 6.90. The van der Waals surface area contributed by atoms with Crippen LogP contribution in [0.4, 0.5) is 0 Å². The van der Waals surface area contributed by atoms with Crippen molar-refractivity contribution in [2.75, 3.05) is 13.1 Å². The third-order valence-electron chi connectivity index (χ3n) is 3.26. The zero-order chi connectivity index (χ0) is 12.8. The fraction of sp³-hybridized carbons (Fsp3) is 0.500.